The van der Waals surface area contributed by atoms with Crippen LogP contribution in [0.5, 0.6) is 5.75 Å². The third kappa shape index (κ3) is 6.65. The summed E-state index contributed by atoms with van der Waals surface area (Å²) >= 11 is 0. The smallest absolute Gasteiger partial charge is 0.247 e. The van der Waals surface area contributed by atoms with Gasteiger partial charge in [0.15, 0.2) is 5.78 Å². The molecule has 1 aromatic heterocycles. The molecule has 0 aliphatic carbocycles. The summed E-state index contributed by atoms with van der Waals surface area (Å²) in [5.74, 6) is 0.250. The molecule has 2 aromatic carbocycles. The molecule has 3 aromatic rings. The molecule has 3 rings (SSSR count). The number of rotatable bonds is 8. The summed E-state index contributed by atoms with van der Waals surface area (Å²) in [4.78, 5) is 39.8. The van der Waals surface area contributed by atoms with E-state index in [2.05, 4.69) is 31.1 Å². The van der Waals surface area contributed by atoms with Gasteiger partial charge in [-0.25, -0.2) is 0 Å². The molecule has 1 unspecified atom stereocenters. The topological polar surface area (TPSA) is 88.3 Å². The SMILES string of the molecule is COc1ccc(C(NC(=O)Cc2ccc(=O)[nH]c2)C(=O)Cc2ccc(C(C)(C)C)cc2)cc1. The number of carbonyl (C=O) groups excluding carboxylic acids is 2. The summed E-state index contributed by atoms with van der Waals surface area (Å²) < 4.78 is 5.21. The van der Waals surface area contributed by atoms with Gasteiger partial charge >= 0.3 is 0 Å². The predicted octanol–water partition coefficient (Wildman–Crippen LogP) is 3.89. The van der Waals surface area contributed by atoms with Gasteiger partial charge in [0.05, 0.1) is 13.5 Å². The molecule has 0 aliphatic heterocycles. The number of pyridine rings is 1. The highest BCUT2D eigenvalue weighted by molar-refractivity contribution is 5.92. The molecule has 0 saturated heterocycles. The van der Waals surface area contributed by atoms with Crippen LogP contribution in [0.2, 0.25) is 0 Å². The number of Topliss-reactive ketones (excluding diaryl/α,β-unsaturated/α-hetero) is 1. The van der Waals surface area contributed by atoms with Crippen LogP contribution in [0.15, 0.2) is 71.7 Å². The summed E-state index contributed by atoms with van der Waals surface area (Å²) in [6.07, 6.45) is 1.75. The van der Waals surface area contributed by atoms with Crippen molar-refractivity contribution in [2.45, 2.75) is 45.1 Å². The number of carbonyl (C=O) groups is 2. The van der Waals surface area contributed by atoms with Crippen LogP contribution >= 0.6 is 0 Å². The van der Waals surface area contributed by atoms with Crippen molar-refractivity contribution in [3.05, 3.63) is 99.5 Å². The normalized spacial score (nSPS) is 12.1. The number of ketones is 1. The fourth-order valence-corrected chi connectivity index (χ4v) is 3.52. The summed E-state index contributed by atoms with van der Waals surface area (Å²) in [6, 6.07) is 17.3. The third-order valence-corrected chi connectivity index (χ3v) is 5.49. The zero-order valence-corrected chi connectivity index (χ0v) is 19.5. The Labute approximate surface area is 194 Å². The van der Waals surface area contributed by atoms with Gasteiger partial charge in [-0.2, -0.15) is 0 Å². The molecule has 6 heteroatoms. The summed E-state index contributed by atoms with van der Waals surface area (Å²) in [7, 11) is 1.57. The van der Waals surface area contributed by atoms with Gasteiger partial charge in [-0.3, -0.25) is 14.4 Å². The van der Waals surface area contributed by atoms with Crippen LogP contribution < -0.4 is 15.6 Å². The lowest BCUT2D eigenvalue weighted by Gasteiger charge is -2.20. The minimum absolute atomic E-state index is 0.0316. The summed E-state index contributed by atoms with van der Waals surface area (Å²) in [5.41, 5.74) is 3.22. The van der Waals surface area contributed by atoms with Crippen LogP contribution in [0.3, 0.4) is 0 Å². The first-order valence-corrected chi connectivity index (χ1v) is 10.9. The van der Waals surface area contributed by atoms with Crippen LogP contribution in [0.4, 0.5) is 0 Å². The van der Waals surface area contributed by atoms with Crippen molar-refractivity contribution in [2.24, 2.45) is 0 Å². The molecular weight excluding hydrogens is 416 g/mol. The first kappa shape index (κ1) is 24.0. The molecule has 0 spiro atoms. The number of nitrogens with one attached hydrogen (secondary N) is 2. The number of ether oxygens (including phenoxy) is 1. The lowest BCUT2D eigenvalue weighted by atomic mass is 9.86. The van der Waals surface area contributed by atoms with Gasteiger partial charge in [-0.05, 0) is 39.8 Å². The van der Waals surface area contributed by atoms with Crippen LogP contribution in [-0.2, 0) is 27.8 Å². The lowest BCUT2D eigenvalue weighted by molar-refractivity contribution is -0.127. The molecule has 0 bridgehead atoms. The highest BCUT2D eigenvalue weighted by Gasteiger charge is 2.23. The second-order valence-corrected chi connectivity index (χ2v) is 9.10. The molecule has 0 saturated carbocycles. The number of amides is 1. The fourth-order valence-electron chi connectivity index (χ4n) is 3.52. The van der Waals surface area contributed by atoms with E-state index in [1.165, 1.54) is 17.8 Å². The molecule has 172 valence electrons. The Balaban J connectivity index is 1.79. The van der Waals surface area contributed by atoms with Crippen molar-refractivity contribution in [3.8, 4) is 5.75 Å². The second kappa shape index (κ2) is 10.3. The van der Waals surface area contributed by atoms with Crippen LogP contribution in [0, 0.1) is 0 Å². The Morgan fingerprint density at radius 2 is 1.55 bits per heavy atom. The minimum Gasteiger partial charge on any atom is -0.497 e. The number of hydrogen-bond acceptors (Lipinski definition) is 4. The average Bonchev–Trinajstić information content (AvgIpc) is 2.79. The Kier molecular flexibility index (Phi) is 7.48. The molecule has 1 heterocycles. The van der Waals surface area contributed by atoms with Crippen LogP contribution in [0.1, 0.15) is 49.1 Å². The number of hydrogen-bond donors (Lipinski definition) is 2. The first-order chi connectivity index (χ1) is 15.7. The van der Waals surface area contributed by atoms with E-state index >= 15 is 0 Å². The molecule has 0 fully saturated rings. The van der Waals surface area contributed by atoms with Crippen molar-refractivity contribution in [2.75, 3.05) is 7.11 Å². The number of aromatic nitrogens is 1. The molecule has 33 heavy (non-hydrogen) atoms. The zero-order valence-electron chi connectivity index (χ0n) is 19.5. The van der Waals surface area contributed by atoms with E-state index in [0.717, 1.165) is 5.56 Å². The number of methoxy groups -OCH3 is 1. The van der Waals surface area contributed by atoms with Crippen molar-refractivity contribution < 1.29 is 14.3 Å². The third-order valence-electron chi connectivity index (χ3n) is 5.49. The first-order valence-electron chi connectivity index (χ1n) is 10.9. The van der Waals surface area contributed by atoms with Crippen molar-refractivity contribution in [1.82, 2.24) is 10.3 Å². The van der Waals surface area contributed by atoms with Gasteiger partial charge in [0.2, 0.25) is 11.5 Å². The van der Waals surface area contributed by atoms with Crippen LogP contribution in [-0.4, -0.2) is 23.8 Å². The Hall–Kier alpha value is -3.67. The highest BCUT2D eigenvalue weighted by atomic mass is 16.5. The van der Waals surface area contributed by atoms with Crippen molar-refractivity contribution >= 4 is 11.7 Å². The number of aromatic amines is 1. The highest BCUT2D eigenvalue weighted by Crippen LogP contribution is 2.24. The molecule has 0 radical (unpaired) electrons. The Morgan fingerprint density at radius 1 is 0.909 bits per heavy atom. The Bertz CT molecular complexity index is 1140. The quantitative estimate of drug-likeness (QED) is 0.549. The standard InChI is InChI=1S/C27H30N2O4/c1-27(2,3)21-10-5-18(6-11-21)15-23(30)26(20-8-12-22(33-4)13-9-20)29-25(32)16-19-7-14-24(31)28-17-19/h5-14,17,26H,15-16H2,1-4H3,(H,28,31)(H,29,32). The summed E-state index contributed by atoms with van der Waals surface area (Å²) in [5, 5.41) is 2.87. The number of benzene rings is 2. The Morgan fingerprint density at radius 3 is 2.09 bits per heavy atom. The molecule has 6 nitrogen and oxygen atoms in total. The molecule has 1 atom stereocenters. The maximum absolute atomic E-state index is 13.3. The summed E-state index contributed by atoms with van der Waals surface area (Å²) in [6.45, 7) is 6.43. The van der Waals surface area contributed by atoms with Gasteiger partial charge in [0.25, 0.3) is 0 Å². The molecule has 1 amide bonds. The van der Waals surface area contributed by atoms with Crippen LogP contribution in [0.25, 0.3) is 0 Å². The van der Waals surface area contributed by atoms with E-state index in [-0.39, 0.29) is 35.5 Å². The molecular formula is C27H30N2O4. The van der Waals surface area contributed by atoms with E-state index in [4.69, 9.17) is 4.74 Å². The maximum atomic E-state index is 13.3. The van der Waals surface area contributed by atoms with E-state index in [9.17, 15) is 14.4 Å². The van der Waals surface area contributed by atoms with Gasteiger partial charge in [0.1, 0.15) is 11.8 Å². The van der Waals surface area contributed by atoms with Crippen molar-refractivity contribution in [3.63, 3.8) is 0 Å². The predicted molar refractivity (Wildman–Crippen MR) is 128 cm³/mol. The minimum atomic E-state index is -0.798. The average molecular weight is 447 g/mol. The number of H-pyrrole nitrogens is 1. The molecule has 0 aliphatic rings. The van der Waals surface area contributed by atoms with Gasteiger partial charge in [-0.15, -0.1) is 0 Å². The van der Waals surface area contributed by atoms with E-state index in [1.54, 1.807) is 37.4 Å². The van der Waals surface area contributed by atoms with E-state index in [0.29, 0.717) is 16.9 Å². The zero-order chi connectivity index (χ0) is 24.0. The van der Waals surface area contributed by atoms with Crippen molar-refractivity contribution in [1.29, 1.82) is 0 Å². The maximum Gasteiger partial charge on any atom is 0.247 e. The fraction of sp³-hybridized carbons (Fsp3) is 0.296. The monoisotopic (exact) mass is 446 g/mol. The van der Waals surface area contributed by atoms with E-state index < -0.39 is 6.04 Å². The lowest BCUT2D eigenvalue weighted by Crippen LogP contribution is -2.35. The van der Waals surface area contributed by atoms with Gasteiger partial charge in [-0.1, -0.05) is 63.2 Å². The van der Waals surface area contributed by atoms with Gasteiger partial charge < -0.3 is 15.0 Å². The second-order valence-electron chi connectivity index (χ2n) is 9.10. The van der Waals surface area contributed by atoms with E-state index in [1.807, 2.05) is 24.3 Å². The largest absolute Gasteiger partial charge is 0.497 e. The molecule has 2 N–H and O–H groups in total. The van der Waals surface area contributed by atoms with Gasteiger partial charge in [0, 0.05) is 18.7 Å².